The monoisotopic (exact) mass is 432 g/mol. The van der Waals surface area contributed by atoms with Crippen LogP contribution in [-0.4, -0.2) is 28.9 Å². The van der Waals surface area contributed by atoms with Crippen molar-refractivity contribution in [2.45, 2.75) is 38.4 Å². The fourth-order valence-corrected chi connectivity index (χ4v) is 4.15. The molecule has 0 radical (unpaired) electrons. The normalized spacial score (nSPS) is 17.5. The van der Waals surface area contributed by atoms with Crippen LogP contribution >= 0.6 is 0 Å². The molecule has 2 N–H and O–H groups in total. The summed E-state index contributed by atoms with van der Waals surface area (Å²) in [5, 5.41) is 21.6. The van der Waals surface area contributed by atoms with Gasteiger partial charge in [-0.05, 0) is 48.7 Å². The van der Waals surface area contributed by atoms with Crippen molar-refractivity contribution in [3.8, 4) is 11.5 Å². The quantitative estimate of drug-likeness (QED) is 0.565. The number of esters is 1. The van der Waals surface area contributed by atoms with Gasteiger partial charge in [0.05, 0.1) is 5.41 Å². The number of rotatable bonds is 6. The summed E-state index contributed by atoms with van der Waals surface area (Å²) in [6.45, 7) is 3.70. The molecule has 2 unspecified atom stereocenters. The van der Waals surface area contributed by atoms with Gasteiger partial charge < -0.3 is 19.7 Å². The van der Waals surface area contributed by atoms with Gasteiger partial charge in [0.15, 0.2) is 0 Å². The van der Waals surface area contributed by atoms with Gasteiger partial charge in [-0.25, -0.2) is 0 Å². The van der Waals surface area contributed by atoms with Gasteiger partial charge in [0.1, 0.15) is 29.8 Å². The number of phenols is 1. The van der Waals surface area contributed by atoms with Gasteiger partial charge in [-0.2, -0.15) is 0 Å². The van der Waals surface area contributed by atoms with Crippen molar-refractivity contribution in [3.05, 3.63) is 95.6 Å². The molecule has 3 aromatic carbocycles. The minimum atomic E-state index is -1.53. The third kappa shape index (κ3) is 4.21. The first-order chi connectivity index (χ1) is 15.3. The Hall–Kier alpha value is -3.31. The minimum absolute atomic E-state index is 0.147. The average Bonchev–Trinajstić information content (AvgIpc) is 2.81. The number of hydrogen-bond acceptors (Lipinski definition) is 5. The molecule has 5 heteroatoms. The van der Waals surface area contributed by atoms with E-state index in [1.165, 1.54) is 0 Å². The van der Waals surface area contributed by atoms with Gasteiger partial charge in [-0.1, -0.05) is 60.7 Å². The predicted molar refractivity (Wildman–Crippen MR) is 121 cm³/mol. The van der Waals surface area contributed by atoms with Gasteiger partial charge in [-0.3, -0.25) is 4.79 Å². The van der Waals surface area contributed by atoms with Crippen LogP contribution in [0.25, 0.3) is 0 Å². The first kappa shape index (κ1) is 21.9. The Balaban J connectivity index is 1.60. The van der Waals surface area contributed by atoms with E-state index in [1.54, 1.807) is 38.1 Å². The van der Waals surface area contributed by atoms with Crippen LogP contribution < -0.4 is 4.74 Å². The average molecular weight is 433 g/mol. The van der Waals surface area contributed by atoms with E-state index in [2.05, 4.69) is 0 Å². The van der Waals surface area contributed by atoms with Gasteiger partial charge in [-0.15, -0.1) is 0 Å². The molecule has 4 rings (SSSR count). The number of phenolic OH excluding ortho intramolecular Hbond substituents is 1. The molecule has 1 aliphatic rings. The Morgan fingerprint density at radius 1 is 1.00 bits per heavy atom. The van der Waals surface area contributed by atoms with Crippen molar-refractivity contribution in [1.82, 2.24) is 0 Å². The molecule has 3 aromatic rings. The minimum Gasteiger partial charge on any atom is -0.508 e. The van der Waals surface area contributed by atoms with Gasteiger partial charge in [0.2, 0.25) is 0 Å². The third-order valence-electron chi connectivity index (χ3n) is 6.31. The Labute approximate surface area is 188 Å². The molecule has 32 heavy (non-hydrogen) atoms. The topological polar surface area (TPSA) is 76.0 Å². The molecule has 1 aliphatic heterocycles. The fourth-order valence-electron chi connectivity index (χ4n) is 4.15. The maximum absolute atomic E-state index is 13.4. The number of carbonyl (C=O) groups is 1. The lowest BCUT2D eigenvalue weighted by atomic mass is 9.67. The highest BCUT2D eigenvalue weighted by Crippen LogP contribution is 2.44. The predicted octanol–water partition coefficient (Wildman–Crippen LogP) is 4.40. The Morgan fingerprint density at radius 2 is 1.66 bits per heavy atom. The summed E-state index contributed by atoms with van der Waals surface area (Å²) >= 11 is 0. The molecule has 5 nitrogen and oxygen atoms in total. The number of aliphatic hydroxyl groups is 1. The van der Waals surface area contributed by atoms with E-state index in [1.807, 2.05) is 54.6 Å². The lowest BCUT2D eigenvalue weighted by Gasteiger charge is -2.42. The lowest BCUT2D eigenvalue weighted by molar-refractivity contribution is -0.180. The van der Waals surface area contributed by atoms with E-state index < -0.39 is 23.1 Å². The molecule has 0 saturated carbocycles. The van der Waals surface area contributed by atoms with Crippen molar-refractivity contribution in [2.24, 2.45) is 5.41 Å². The van der Waals surface area contributed by atoms with E-state index in [9.17, 15) is 15.0 Å². The first-order valence-electron chi connectivity index (χ1n) is 10.8. The van der Waals surface area contributed by atoms with E-state index in [0.717, 1.165) is 16.9 Å². The van der Waals surface area contributed by atoms with Crippen LogP contribution in [0.1, 0.15) is 30.5 Å². The molecule has 166 valence electrons. The van der Waals surface area contributed by atoms with Crippen LogP contribution in [0.2, 0.25) is 0 Å². The third-order valence-corrected chi connectivity index (χ3v) is 6.31. The van der Waals surface area contributed by atoms with E-state index in [4.69, 9.17) is 9.47 Å². The highest BCUT2D eigenvalue weighted by atomic mass is 16.6. The molecular weight excluding hydrogens is 404 g/mol. The standard InChI is InChI=1S/C27H28O5/c1-26(2,25(29)32-23-16-20-8-6-7-11-24(20)31-18-23)27(30,21-9-4-3-5-10-21)17-19-12-14-22(28)15-13-19/h3-15,23,28,30H,16-18H2,1-2H3. The summed E-state index contributed by atoms with van der Waals surface area (Å²) in [6, 6.07) is 23.5. The summed E-state index contributed by atoms with van der Waals surface area (Å²) in [5.41, 5.74) is -0.374. The zero-order valence-corrected chi connectivity index (χ0v) is 18.3. The van der Waals surface area contributed by atoms with Crippen LogP contribution in [-0.2, 0) is 28.0 Å². The summed E-state index contributed by atoms with van der Waals surface area (Å²) < 4.78 is 11.6. The molecule has 0 bridgehead atoms. The molecular formula is C27H28O5. The van der Waals surface area contributed by atoms with Crippen molar-refractivity contribution in [3.63, 3.8) is 0 Å². The zero-order chi connectivity index (χ0) is 22.8. The molecule has 1 heterocycles. The maximum Gasteiger partial charge on any atom is 0.315 e. The van der Waals surface area contributed by atoms with Crippen molar-refractivity contribution in [1.29, 1.82) is 0 Å². The summed E-state index contributed by atoms with van der Waals surface area (Å²) in [5.74, 6) is 0.469. The van der Waals surface area contributed by atoms with Gasteiger partial charge >= 0.3 is 5.97 Å². The number of para-hydroxylation sites is 1. The molecule has 0 aliphatic carbocycles. The Bertz CT molecular complexity index is 1070. The van der Waals surface area contributed by atoms with Crippen molar-refractivity contribution < 1.29 is 24.5 Å². The second-order valence-corrected chi connectivity index (χ2v) is 8.84. The number of ether oxygens (including phenoxy) is 2. The second kappa shape index (κ2) is 8.67. The SMILES string of the molecule is CC(C)(C(=O)OC1COc2ccccc2C1)C(O)(Cc1ccc(O)cc1)c1ccccc1. The summed E-state index contributed by atoms with van der Waals surface area (Å²) in [6.07, 6.45) is 0.328. The molecule has 0 saturated heterocycles. The lowest BCUT2D eigenvalue weighted by Crippen LogP contribution is -2.51. The Kier molecular flexibility index (Phi) is 5.94. The zero-order valence-electron chi connectivity index (χ0n) is 18.3. The molecule has 0 amide bonds. The summed E-state index contributed by atoms with van der Waals surface area (Å²) in [4.78, 5) is 13.4. The number of aromatic hydroxyl groups is 1. The van der Waals surface area contributed by atoms with Crippen LogP contribution in [0, 0.1) is 5.41 Å². The second-order valence-electron chi connectivity index (χ2n) is 8.84. The van der Waals surface area contributed by atoms with Gasteiger partial charge in [0, 0.05) is 12.8 Å². The van der Waals surface area contributed by atoms with Crippen molar-refractivity contribution >= 4 is 5.97 Å². The fraction of sp³-hybridized carbons (Fsp3) is 0.296. The van der Waals surface area contributed by atoms with Crippen LogP contribution in [0.5, 0.6) is 11.5 Å². The van der Waals surface area contributed by atoms with Crippen LogP contribution in [0.3, 0.4) is 0 Å². The number of benzene rings is 3. The Morgan fingerprint density at radius 3 is 2.38 bits per heavy atom. The molecule has 0 aromatic heterocycles. The highest BCUT2D eigenvalue weighted by Gasteiger charge is 2.51. The largest absolute Gasteiger partial charge is 0.508 e. The molecule has 0 spiro atoms. The number of carbonyl (C=O) groups excluding carboxylic acids is 1. The smallest absolute Gasteiger partial charge is 0.315 e. The maximum atomic E-state index is 13.4. The summed E-state index contributed by atoms with van der Waals surface area (Å²) in [7, 11) is 0. The highest BCUT2D eigenvalue weighted by molar-refractivity contribution is 5.78. The van der Waals surface area contributed by atoms with E-state index in [-0.39, 0.29) is 18.8 Å². The number of hydrogen-bond donors (Lipinski definition) is 2. The molecule has 2 atom stereocenters. The van der Waals surface area contributed by atoms with Gasteiger partial charge in [0.25, 0.3) is 0 Å². The van der Waals surface area contributed by atoms with Crippen LogP contribution in [0.4, 0.5) is 0 Å². The van der Waals surface area contributed by atoms with E-state index >= 15 is 0 Å². The molecule has 0 fully saturated rings. The first-order valence-corrected chi connectivity index (χ1v) is 10.8. The van der Waals surface area contributed by atoms with Crippen LogP contribution in [0.15, 0.2) is 78.9 Å². The number of fused-ring (bicyclic) bond motifs is 1. The van der Waals surface area contributed by atoms with E-state index in [0.29, 0.717) is 12.0 Å². The van der Waals surface area contributed by atoms with Crippen molar-refractivity contribution in [2.75, 3.05) is 6.61 Å².